The average Bonchev–Trinajstić information content (AvgIpc) is 3.70. The molecule has 0 radical (unpaired) electrons. The molecule has 0 spiro atoms. The summed E-state index contributed by atoms with van der Waals surface area (Å²) in [5.74, 6) is -2.42. The lowest BCUT2D eigenvalue weighted by molar-refractivity contribution is 0.480. The zero-order valence-corrected chi connectivity index (χ0v) is 21.3. The topological polar surface area (TPSA) is 128 Å². The van der Waals surface area contributed by atoms with Crippen LogP contribution in [0.3, 0.4) is 0 Å². The fourth-order valence-electron chi connectivity index (χ4n) is 4.27. The van der Waals surface area contributed by atoms with Crippen LogP contribution in [0.25, 0.3) is 10.9 Å². The molecular formula is C28H18ClF2N9. The van der Waals surface area contributed by atoms with E-state index < -0.39 is 17.8 Å². The number of nitrogens with zero attached hydrogens (tertiary/aromatic N) is 7. The van der Waals surface area contributed by atoms with Gasteiger partial charge in [0.2, 0.25) is 5.95 Å². The van der Waals surface area contributed by atoms with Crippen LogP contribution >= 0.6 is 11.6 Å². The van der Waals surface area contributed by atoms with Crippen molar-refractivity contribution in [2.45, 2.75) is 24.9 Å². The van der Waals surface area contributed by atoms with Crippen LogP contribution < -0.4 is 10.6 Å². The molecule has 1 atom stereocenters. The highest BCUT2D eigenvalue weighted by molar-refractivity contribution is 6.36. The van der Waals surface area contributed by atoms with Gasteiger partial charge in [-0.05, 0) is 42.7 Å². The Balaban J connectivity index is 1.49. The van der Waals surface area contributed by atoms with E-state index in [4.69, 9.17) is 11.6 Å². The molecule has 196 valence electrons. The molecule has 3 aromatic heterocycles. The average molecular weight is 555 g/mol. The van der Waals surface area contributed by atoms with Gasteiger partial charge in [0.05, 0.1) is 64.9 Å². The predicted molar refractivity (Wildman–Crippen MR) is 144 cm³/mol. The highest BCUT2D eigenvalue weighted by Crippen LogP contribution is 2.38. The van der Waals surface area contributed by atoms with Crippen LogP contribution in [-0.2, 0) is 0 Å². The van der Waals surface area contributed by atoms with E-state index in [1.807, 2.05) is 6.07 Å². The molecule has 1 fully saturated rings. The minimum Gasteiger partial charge on any atom is -0.373 e. The van der Waals surface area contributed by atoms with Crippen molar-refractivity contribution in [3.63, 3.8) is 0 Å². The van der Waals surface area contributed by atoms with Gasteiger partial charge in [0.15, 0.2) is 5.82 Å². The number of fused-ring (bicyclic) bond motifs is 1. The molecule has 0 unspecified atom stereocenters. The molecule has 0 amide bonds. The number of hydrogen-bond donors (Lipinski definition) is 2. The van der Waals surface area contributed by atoms with E-state index in [-0.39, 0.29) is 28.0 Å². The number of rotatable bonds is 7. The number of nitrogens with one attached hydrogen (secondary N) is 2. The number of benzene rings is 2. The molecule has 1 saturated carbocycles. The standard InChI is InChI=1S/C28H18ClF2N9/c29-22-8-18(7-21-25(17(11-33)12-34-27(21)22)37-19-9-23(30)28(31)35-13-19)36-26(16-3-1-2-15(6-16)10-32)24-14-40(39-38-24)20-4-5-20/h1-3,6-9,12-14,20,26,36H,4-5H2,(H,34,37)/t26-/m1/s1/i26D. The smallest absolute Gasteiger partial charge is 0.249 e. The third-order valence-electron chi connectivity index (χ3n) is 6.35. The summed E-state index contributed by atoms with van der Waals surface area (Å²) < 4.78 is 38.6. The number of hydrogen-bond acceptors (Lipinski definition) is 8. The van der Waals surface area contributed by atoms with Crippen LogP contribution in [0.4, 0.5) is 25.8 Å². The number of halogens is 3. The quantitative estimate of drug-likeness (QED) is 0.228. The molecule has 6 rings (SSSR count). The van der Waals surface area contributed by atoms with Crippen LogP contribution in [0, 0.1) is 34.4 Å². The van der Waals surface area contributed by atoms with Gasteiger partial charge in [0, 0.05) is 23.3 Å². The van der Waals surface area contributed by atoms with Crippen molar-refractivity contribution in [3.8, 4) is 12.1 Å². The van der Waals surface area contributed by atoms with Crippen LogP contribution in [0.2, 0.25) is 5.02 Å². The van der Waals surface area contributed by atoms with Crippen LogP contribution in [0.15, 0.2) is 61.1 Å². The predicted octanol–water partition coefficient (Wildman–Crippen LogP) is 6.18. The van der Waals surface area contributed by atoms with Gasteiger partial charge in [0.25, 0.3) is 0 Å². The van der Waals surface area contributed by atoms with Gasteiger partial charge >= 0.3 is 0 Å². The molecule has 0 aliphatic heterocycles. The molecule has 2 N–H and O–H groups in total. The van der Waals surface area contributed by atoms with Gasteiger partial charge in [-0.3, -0.25) is 4.98 Å². The fraction of sp³-hybridized carbons (Fsp3) is 0.143. The lowest BCUT2D eigenvalue weighted by Crippen LogP contribution is -2.13. The summed E-state index contributed by atoms with van der Waals surface area (Å²) in [7, 11) is 0. The second kappa shape index (κ2) is 10.2. The summed E-state index contributed by atoms with van der Waals surface area (Å²) in [6, 6.07) is 13.4. The summed E-state index contributed by atoms with van der Waals surface area (Å²) in [6.07, 6.45) is 6.06. The van der Waals surface area contributed by atoms with E-state index >= 15 is 0 Å². The van der Waals surface area contributed by atoms with Crippen molar-refractivity contribution in [1.82, 2.24) is 25.0 Å². The zero-order chi connectivity index (χ0) is 28.7. The lowest BCUT2D eigenvalue weighted by Gasteiger charge is -2.20. The summed E-state index contributed by atoms with van der Waals surface area (Å²) in [5, 5.41) is 34.5. The third-order valence-corrected chi connectivity index (χ3v) is 6.64. The minimum atomic E-state index is -1.70. The van der Waals surface area contributed by atoms with E-state index in [9.17, 15) is 20.7 Å². The van der Waals surface area contributed by atoms with Gasteiger partial charge in [-0.25, -0.2) is 14.1 Å². The summed E-state index contributed by atoms with van der Waals surface area (Å²) in [4.78, 5) is 7.70. The molecule has 5 aromatic rings. The number of nitriles is 2. The Hall–Kier alpha value is -5.13. The second-order valence-corrected chi connectivity index (χ2v) is 9.55. The maximum atomic E-state index is 13.9. The first kappa shape index (κ1) is 23.9. The van der Waals surface area contributed by atoms with Gasteiger partial charge < -0.3 is 10.6 Å². The molecule has 12 heteroatoms. The highest BCUT2D eigenvalue weighted by atomic mass is 35.5. The SMILES string of the molecule is [2H][C@@](Nc1cc(Cl)c2ncc(C#N)c(Nc3cnc(F)c(F)c3)c2c1)(c1cccc(C#N)c1)c1cn(C2CC2)nn1. The van der Waals surface area contributed by atoms with E-state index in [1.165, 1.54) is 6.20 Å². The molecule has 2 aromatic carbocycles. The fourth-order valence-corrected chi connectivity index (χ4v) is 4.53. The van der Waals surface area contributed by atoms with Crippen molar-refractivity contribution < 1.29 is 10.2 Å². The summed E-state index contributed by atoms with van der Waals surface area (Å²) in [6.45, 7) is 0. The summed E-state index contributed by atoms with van der Waals surface area (Å²) >= 11 is 6.63. The maximum absolute atomic E-state index is 13.9. The number of anilines is 3. The van der Waals surface area contributed by atoms with Crippen LogP contribution in [0.1, 0.15) is 48.7 Å². The van der Waals surface area contributed by atoms with Crippen molar-refractivity contribution in [2.24, 2.45) is 0 Å². The normalized spacial score (nSPS) is 14.6. The first-order chi connectivity index (χ1) is 19.8. The van der Waals surface area contributed by atoms with Crippen molar-refractivity contribution in [3.05, 3.63) is 100 Å². The van der Waals surface area contributed by atoms with E-state index in [0.29, 0.717) is 33.4 Å². The highest BCUT2D eigenvalue weighted by Gasteiger charge is 2.27. The van der Waals surface area contributed by atoms with Gasteiger partial charge in [0.1, 0.15) is 11.8 Å². The van der Waals surface area contributed by atoms with Crippen molar-refractivity contribution in [1.29, 1.82) is 10.5 Å². The molecule has 1 aliphatic rings. The van der Waals surface area contributed by atoms with Gasteiger partial charge in [-0.1, -0.05) is 28.9 Å². The Morgan fingerprint density at radius 1 is 1.07 bits per heavy atom. The van der Waals surface area contributed by atoms with E-state index in [1.54, 1.807) is 47.3 Å². The molecule has 3 heterocycles. The molecule has 40 heavy (non-hydrogen) atoms. The largest absolute Gasteiger partial charge is 0.373 e. The molecule has 0 saturated heterocycles. The molecule has 9 nitrogen and oxygen atoms in total. The molecule has 0 bridgehead atoms. The monoisotopic (exact) mass is 554 g/mol. The van der Waals surface area contributed by atoms with Crippen LogP contribution in [-0.4, -0.2) is 25.0 Å². The Bertz CT molecular complexity index is 1910. The Morgan fingerprint density at radius 2 is 1.93 bits per heavy atom. The number of aromatic nitrogens is 5. The van der Waals surface area contributed by atoms with Crippen molar-refractivity contribution >= 4 is 39.6 Å². The van der Waals surface area contributed by atoms with Crippen molar-refractivity contribution in [2.75, 3.05) is 10.6 Å². The minimum absolute atomic E-state index is 0.0993. The Labute approximate surface area is 233 Å². The summed E-state index contributed by atoms with van der Waals surface area (Å²) in [5.41, 5.74) is 2.24. The Kier molecular flexibility index (Phi) is 6.11. The molecular weight excluding hydrogens is 536 g/mol. The molecule has 1 aliphatic carbocycles. The van der Waals surface area contributed by atoms with E-state index in [0.717, 1.165) is 25.1 Å². The maximum Gasteiger partial charge on any atom is 0.249 e. The van der Waals surface area contributed by atoms with Gasteiger partial charge in [-0.2, -0.15) is 14.9 Å². The van der Waals surface area contributed by atoms with E-state index in [2.05, 4.69) is 37.0 Å². The third kappa shape index (κ3) is 4.86. The first-order valence-electron chi connectivity index (χ1n) is 12.6. The van der Waals surface area contributed by atoms with Crippen LogP contribution in [0.5, 0.6) is 0 Å². The first-order valence-corrected chi connectivity index (χ1v) is 12.5. The van der Waals surface area contributed by atoms with Gasteiger partial charge in [-0.15, -0.1) is 5.10 Å². The number of pyridine rings is 2. The zero-order valence-electron chi connectivity index (χ0n) is 21.5. The Morgan fingerprint density at radius 3 is 2.67 bits per heavy atom. The lowest BCUT2D eigenvalue weighted by atomic mass is 10.0. The second-order valence-electron chi connectivity index (χ2n) is 9.14.